The van der Waals surface area contributed by atoms with Crippen LogP contribution in [0.25, 0.3) is 5.57 Å². The molecule has 1 heterocycles. The molecule has 0 amide bonds. The highest BCUT2D eigenvalue weighted by Gasteiger charge is 2.49. The van der Waals surface area contributed by atoms with E-state index in [0.717, 1.165) is 27.6 Å². The Hall–Kier alpha value is -2.61. The molecule has 1 aliphatic carbocycles. The zero-order valence-corrected chi connectivity index (χ0v) is 18.1. The summed E-state index contributed by atoms with van der Waals surface area (Å²) in [6, 6.07) is 6.96. The Morgan fingerprint density at radius 1 is 1.35 bits per heavy atom. The van der Waals surface area contributed by atoms with Crippen molar-refractivity contribution in [2.24, 2.45) is 5.41 Å². The third-order valence-corrected chi connectivity index (χ3v) is 6.52. The van der Waals surface area contributed by atoms with Crippen molar-refractivity contribution < 1.29 is 27.8 Å². The largest absolute Gasteiger partial charge is 0.493 e. The van der Waals surface area contributed by atoms with Gasteiger partial charge >= 0.3 is 12.1 Å². The Kier molecular flexibility index (Phi) is 6.89. The molecule has 1 aromatic carbocycles. The molecule has 1 unspecified atom stereocenters. The number of benzene rings is 1. The summed E-state index contributed by atoms with van der Waals surface area (Å²) in [7, 11) is 0. The second-order valence-electron chi connectivity index (χ2n) is 7.67. The molecule has 0 fully saturated rings. The van der Waals surface area contributed by atoms with Gasteiger partial charge in [0.15, 0.2) is 0 Å². The fourth-order valence-corrected chi connectivity index (χ4v) is 4.33. The van der Waals surface area contributed by atoms with E-state index < -0.39 is 17.6 Å². The maximum absolute atomic E-state index is 13.2. The molecule has 2 aromatic rings. The lowest BCUT2D eigenvalue weighted by Crippen LogP contribution is -2.33. The molecule has 0 radical (unpaired) electrons. The van der Waals surface area contributed by atoms with Gasteiger partial charge < -0.3 is 9.84 Å². The van der Waals surface area contributed by atoms with Crippen molar-refractivity contribution in [1.82, 2.24) is 4.98 Å². The van der Waals surface area contributed by atoms with Crippen LogP contribution in [0.15, 0.2) is 42.5 Å². The molecule has 8 heteroatoms. The zero-order valence-electron chi connectivity index (χ0n) is 17.3. The smallest absolute Gasteiger partial charge is 0.397 e. The summed E-state index contributed by atoms with van der Waals surface area (Å²) >= 11 is 1.50. The topological polar surface area (TPSA) is 59.4 Å². The number of alkyl halides is 3. The Morgan fingerprint density at radius 2 is 2.13 bits per heavy atom. The predicted octanol–water partition coefficient (Wildman–Crippen LogP) is 5.87. The molecule has 3 rings (SSSR count). The maximum Gasteiger partial charge on any atom is 0.397 e. The van der Waals surface area contributed by atoms with E-state index in [4.69, 9.17) is 9.84 Å². The number of thiazole rings is 1. The van der Waals surface area contributed by atoms with Gasteiger partial charge in [-0.15, -0.1) is 11.3 Å². The predicted molar refractivity (Wildman–Crippen MR) is 114 cm³/mol. The summed E-state index contributed by atoms with van der Waals surface area (Å²) in [4.78, 5) is 16.6. The number of hydrogen-bond acceptors (Lipinski definition) is 4. The number of hydrogen-bond donors (Lipinski definition) is 1. The van der Waals surface area contributed by atoms with E-state index in [9.17, 15) is 18.0 Å². The highest BCUT2D eigenvalue weighted by molar-refractivity contribution is 7.12. The Bertz CT molecular complexity index is 1010. The van der Waals surface area contributed by atoms with Crippen molar-refractivity contribution in [2.75, 3.05) is 6.61 Å². The molecular formula is C23H24F3NO3S. The Labute approximate surface area is 183 Å². The lowest BCUT2D eigenvalue weighted by atomic mass is 9.81. The SMILES string of the molecule is CCc1sc(C2=CCC(C)(C(F)(F)F)C=C2)nc1CCOc1cccc(CC(=O)O)c1. The van der Waals surface area contributed by atoms with Crippen LogP contribution in [0.1, 0.15) is 41.4 Å². The molecule has 0 saturated heterocycles. The summed E-state index contributed by atoms with van der Waals surface area (Å²) in [5.41, 5.74) is 0.419. The van der Waals surface area contributed by atoms with Gasteiger partial charge in [0.2, 0.25) is 0 Å². The van der Waals surface area contributed by atoms with Crippen molar-refractivity contribution in [3.8, 4) is 5.75 Å². The first-order valence-electron chi connectivity index (χ1n) is 10.00. The standard InChI is InChI=1S/C23H24F3NO3S/c1-3-19-18(9-12-30-17-6-4-5-15(13-17)14-20(28)29)27-21(31-19)16-7-10-22(2,11-8-16)23(24,25)26/h4-8,10,13H,3,9,11-12,14H2,1-2H3,(H,28,29). The number of halogens is 3. The van der Waals surface area contributed by atoms with E-state index in [-0.39, 0.29) is 12.8 Å². The molecule has 1 aromatic heterocycles. The first kappa shape index (κ1) is 23.1. The summed E-state index contributed by atoms with van der Waals surface area (Å²) < 4.78 is 45.4. The number of carboxylic acids is 1. The number of aliphatic carboxylic acids is 1. The molecule has 166 valence electrons. The minimum Gasteiger partial charge on any atom is -0.493 e. The molecule has 0 spiro atoms. The first-order valence-corrected chi connectivity index (χ1v) is 10.8. The quantitative estimate of drug-likeness (QED) is 0.546. The molecule has 31 heavy (non-hydrogen) atoms. The van der Waals surface area contributed by atoms with E-state index in [1.807, 2.05) is 6.92 Å². The van der Waals surface area contributed by atoms with Crippen LogP contribution < -0.4 is 4.74 Å². The van der Waals surface area contributed by atoms with E-state index in [2.05, 4.69) is 4.98 Å². The van der Waals surface area contributed by atoms with Crippen LogP contribution in [0.5, 0.6) is 5.75 Å². The second-order valence-corrected chi connectivity index (χ2v) is 8.75. The number of carboxylic acid groups (broad SMARTS) is 1. The van der Waals surface area contributed by atoms with Gasteiger partial charge in [-0.1, -0.05) is 37.3 Å². The van der Waals surface area contributed by atoms with Crippen LogP contribution in [-0.2, 0) is 24.1 Å². The van der Waals surface area contributed by atoms with Gasteiger partial charge in [0.1, 0.15) is 10.8 Å². The third-order valence-electron chi connectivity index (χ3n) is 5.23. The van der Waals surface area contributed by atoms with Crippen molar-refractivity contribution in [3.63, 3.8) is 0 Å². The summed E-state index contributed by atoms with van der Waals surface area (Å²) in [6.45, 7) is 3.58. The average molecular weight is 452 g/mol. The fraction of sp³-hybridized carbons (Fsp3) is 0.391. The number of carbonyl (C=O) groups is 1. The Morgan fingerprint density at radius 3 is 2.74 bits per heavy atom. The first-order chi connectivity index (χ1) is 14.6. The van der Waals surface area contributed by atoms with Crippen molar-refractivity contribution >= 4 is 22.9 Å². The van der Waals surface area contributed by atoms with Crippen LogP contribution in [0.2, 0.25) is 0 Å². The van der Waals surface area contributed by atoms with Crippen LogP contribution in [0, 0.1) is 5.41 Å². The van der Waals surface area contributed by atoms with Gasteiger partial charge in [-0.2, -0.15) is 13.2 Å². The number of rotatable bonds is 8. The van der Waals surface area contributed by atoms with Crippen molar-refractivity contribution in [1.29, 1.82) is 0 Å². The molecule has 1 N–H and O–H groups in total. The minimum atomic E-state index is -4.28. The molecule has 4 nitrogen and oxygen atoms in total. The minimum absolute atomic E-state index is 0.0668. The number of aryl methyl sites for hydroxylation is 1. The van der Waals surface area contributed by atoms with E-state index in [1.165, 1.54) is 30.4 Å². The molecule has 0 aliphatic heterocycles. The van der Waals surface area contributed by atoms with Crippen LogP contribution >= 0.6 is 11.3 Å². The van der Waals surface area contributed by atoms with E-state index in [1.54, 1.807) is 30.3 Å². The Balaban J connectivity index is 1.65. The average Bonchev–Trinajstić information content (AvgIpc) is 3.11. The van der Waals surface area contributed by atoms with Gasteiger partial charge in [-0.3, -0.25) is 4.79 Å². The number of aromatic nitrogens is 1. The monoisotopic (exact) mass is 451 g/mol. The molecule has 0 bridgehead atoms. The second kappa shape index (κ2) is 9.26. The van der Waals surface area contributed by atoms with E-state index >= 15 is 0 Å². The van der Waals surface area contributed by atoms with Crippen molar-refractivity contribution in [2.45, 2.75) is 45.7 Å². The van der Waals surface area contributed by atoms with Gasteiger partial charge in [-0.05, 0) is 37.5 Å². The fourth-order valence-electron chi connectivity index (χ4n) is 3.26. The van der Waals surface area contributed by atoms with Gasteiger partial charge in [0, 0.05) is 16.9 Å². The maximum atomic E-state index is 13.2. The highest BCUT2D eigenvalue weighted by Crippen LogP contribution is 2.46. The van der Waals surface area contributed by atoms with E-state index in [0.29, 0.717) is 24.3 Å². The summed E-state index contributed by atoms with van der Waals surface area (Å²) in [5.74, 6) is -0.307. The molecule has 1 aliphatic rings. The number of allylic oxidation sites excluding steroid dienone is 4. The lowest BCUT2D eigenvalue weighted by molar-refractivity contribution is -0.199. The molecule has 1 atom stereocenters. The molecular weight excluding hydrogens is 427 g/mol. The summed E-state index contributed by atoms with van der Waals surface area (Å²) in [5, 5.41) is 9.62. The highest BCUT2D eigenvalue weighted by atomic mass is 32.1. The zero-order chi connectivity index (χ0) is 22.6. The molecule has 0 saturated carbocycles. The van der Waals surface area contributed by atoms with Crippen LogP contribution in [-0.4, -0.2) is 28.8 Å². The normalized spacial score (nSPS) is 18.7. The van der Waals surface area contributed by atoms with Crippen molar-refractivity contribution in [3.05, 3.63) is 63.6 Å². The van der Waals surface area contributed by atoms with Gasteiger partial charge in [-0.25, -0.2) is 4.98 Å². The third kappa shape index (κ3) is 5.55. The summed E-state index contributed by atoms with van der Waals surface area (Å²) in [6.07, 6.45) is 1.23. The van der Waals surface area contributed by atoms with Crippen LogP contribution in [0.4, 0.5) is 13.2 Å². The van der Waals surface area contributed by atoms with Gasteiger partial charge in [0.25, 0.3) is 0 Å². The lowest BCUT2D eigenvalue weighted by Gasteiger charge is -2.30. The van der Waals surface area contributed by atoms with Gasteiger partial charge in [0.05, 0.1) is 24.1 Å². The van der Waals surface area contributed by atoms with Crippen LogP contribution in [0.3, 0.4) is 0 Å². The number of nitrogens with zero attached hydrogens (tertiary/aromatic N) is 1. The number of ether oxygens (including phenoxy) is 1.